The number of benzene rings is 1. The lowest BCUT2D eigenvalue weighted by molar-refractivity contribution is -0.102. The van der Waals surface area contributed by atoms with Crippen molar-refractivity contribution in [1.29, 1.82) is 0 Å². The van der Waals surface area contributed by atoms with E-state index in [0.29, 0.717) is 12.5 Å². The second-order valence-corrected chi connectivity index (χ2v) is 8.27. The molecular formula is C24H29N3O2. The summed E-state index contributed by atoms with van der Waals surface area (Å²) in [5, 5.41) is 0. The van der Waals surface area contributed by atoms with Gasteiger partial charge in [-0.05, 0) is 42.5 Å². The van der Waals surface area contributed by atoms with Crippen molar-refractivity contribution >= 4 is 0 Å². The fourth-order valence-corrected chi connectivity index (χ4v) is 4.27. The molecule has 29 heavy (non-hydrogen) atoms. The summed E-state index contributed by atoms with van der Waals surface area (Å²) in [6, 6.07) is 8.19. The Morgan fingerprint density at radius 2 is 2.14 bits per heavy atom. The Hall–Kier alpha value is -2.42. The van der Waals surface area contributed by atoms with Gasteiger partial charge in [0.25, 0.3) is 0 Å². The standard InChI is InChI=1S/C24H29N3O2/c1-4-13-28-21-7-5-6-19(15-21)17-27-11-9-24(10-12-27)22-20(8-14-29-24)16-25-23(26-22)18(2)3/h1,5-7,15-16,18H,8-14,17H2,2-3H3. The number of hydrogen-bond donors (Lipinski definition) is 0. The van der Waals surface area contributed by atoms with E-state index < -0.39 is 0 Å². The van der Waals surface area contributed by atoms with E-state index in [1.807, 2.05) is 18.3 Å². The molecule has 0 saturated carbocycles. The largest absolute Gasteiger partial charge is 0.481 e. The van der Waals surface area contributed by atoms with Gasteiger partial charge >= 0.3 is 0 Å². The fraction of sp³-hybridized carbons (Fsp3) is 0.500. The summed E-state index contributed by atoms with van der Waals surface area (Å²) in [5.74, 6) is 4.58. The Labute approximate surface area is 173 Å². The molecule has 0 bridgehead atoms. The normalized spacial score (nSPS) is 18.4. The van der Waals surface area contributed by atoms with Crippen LogP contribution in [0.1, 0.15) is 55.3 Å². The van der Waals surface area contributed by atoms with Crippen LogP contribution in [0.2, 0.25) is 0 Å². The molecule has 2 aromatic rings. The van der Waals surface area contributed by atoms with Crippen LogP contribution in [0.25, 0.3) is 0 Å². The van der Waals surface area contributed by atoms with Gasteiger partial charge in [-0.1, -0.05) is 31.9 Å². The molecule has 4 rings (SSSR count). The molecule has 2 aliphatic heterocycles. The van der Waals surface area contributed by atoms with Crippen LogP contribution < -0.4 is 4.74 Å². The minimum atomic E-state index is -0.256. The minimum absolute atomic E-state index is 0.256. The van der Waals surface area contributed by atoms with Gasteiger partial charge in [0.2, 0.25) is 0 Å². The van der Waals surface area contributed by atoms with E-state index in [1.165, 1.54) is 11.1 Å². The maximum Gasteiger partial charge on any atom is 0.148 e. The molecule has 3 heterocycles. The Morgan fingerprint density at radius 1 is 1.31 bits per heavy atom. The van der Waals surface area contributed by atoms with Crippen LogP contribution in [-0.4, -0.2) is 41.2 Å². The molecule has 0 radical (unpaired) electrons. The lowest BCUT2D eigenvalue weighted by Crippen LogP contribution is -2.47. The Bertz CT molecular complexity index is 895. The van der Waals surface area contributed by atoms with Crippen molar-refractivity contribution in [3.05, 3.63) is 53.1 Å². The topological polar surface area (TPSA) is 47.5 Å². The first-order valence-corrected chi connectivity index (χ1v) is 10.5. The van der Waals surface area contributed by atoms with Gasteiger partial charge in [-0.25, -0.2) is 9.97 Å². The summed E-state index contributed by atoms with van der Waals surface area (Å²) in [4.78, 5) is 12.0. The highest BCUT2D eigenvalue weighted by Gasteiger charge is 2.42. The Balaban J connectivity index is 1.45. The van der Waals surface area contributed by atoms with E-state index in [1.54, 1.807) is 0 Å². The second-order valence-electron chi connectivity index (χ2n) is 8.27. The molecule has 1 fully saturated rings. The zero-order chi connectivity index (χ0) is 20.3. The average Bonchev–Trinajstić information content (AvgIpc) is 2.74. The third-order valence-corrected chi connectivity index (χ3v) is 5.87. The molecule has 0 atom stereocenters. The summed E-state index contributed by atoms with van der Waals surface area (Å²) in [6.45, 7) is 8.20. The SMILES string of the molecule is C#CCOc1cccc(CN2CCC3(CC2)OCCc2cnc(C(C)C)nc23)c1. The smallest absolute Gasteiger partial charge is 0.148 e. The van der Waals surface area contributed by atoms with E-state index in [4.69, 9.17) is 20.9 Å². The van der Waals surface area contributed by atoms with Crippen LogP contribution in [0, 0.1) is 12.3 Å². The molecule has 5 nitrogen and oxygen atoms in total. The van der Waals surface area contributed by atoms with Gasteiger partial charge in [0, 0.05) is 31.7 Å². The summed E-state index contributed by atoms with van der Waals surface area (Å²) in [7, 11) is 0. The van der Waals surface area contributed by atoms with Gasteiger partial charge in [0.05, 0.1) is 12.3 Å². The molecule has 0 amide bonds. The van der Waals surface area contributed by atoms with Crippen molar-refractivity contribution in [2.24, 2.45) is 0 Å². The molecule has 5 heteroatoms. The van der Waals surface area contributed by atoms with E-state index in [2.05, 4.69) is 41.8 Å². The third-order valence-electron chi connectivity index (χ3n) is 5.87. The number of rotatable bonds is 5. The van der Waals surface area contributed by atoms with Crippen molar-refractivity contribution in [1.82, 2.24) is 14.9 Å². The number of nitrogens with zero attached hydrogens (tertiary/aromatic N) is 3. The van der Waals surface area contributed by atoms with Gasteiger partial charge < -0.3 is 9.47 Å². The number of fused-ring (bicyclic) bond motifs is 2. The van der Waals surface area contributed by atoms with Crippen LogP contribution in [0.5, 0.6) is 5.75 Å². The molecule has 1 spiro atoms. The molecule has 152 valence electrons. The molecule has 1 aromatic heterocycles. The van der Waals surface area contributed by atoms with Gasteiger partial charge in [0.1, 0.15) is 23.8 Å². The average molecular weight is 392 g/mol. The Morgan fingerprint density at radius 3 is 2.90 bits per heavy atom. The maximum absolute atomic E-state index is 6.37. The van der Waals surface area contributed by atoms with Crippen molar-refractivity contribution < 1.29 is 9.47 Å². The Kier molecular flexibility index (Phi) is 5.84. The zero-order valence-corrected chi connectivity index (χ0v) is 17.4. The van der Waals surface area contributed by atoms with Crippen LogP contribution >= 0.6 is 0 Å². The fourth-order valence-electron chi connectivity index (χ4n) is 4.27. The predicted molar refractivity (Wildman–Crippen MR) is 113 cm³/mol. The minimum Gasteiger partial charge on any atom is -0.481 e. The van der Waals surface area contributed by atoms with Gasteiger partial charge in [-0.3, -0.25) is 4.90 Å². The molecule has 1 saturated heterocycles. The summed E-state index contributed by atoms with van der Waals surface area (Å²) < 4.78 is 11.9. The molecule has 1 aromatic carbocycles. The van der Waals surface area contributed by atoms with Gasteiger partial charge in [0.15, 0.2) is 0 Å². The first-order valence-electron chi connectivity index (χ1n) is 10.5. The van der Waals surface area contributed by atoms with E-state index in [9.17, 15) is 0 Å². The molecule has 2 aliphatic rings. The predicted octanol–water partition coefficient (Wildman–Crippen LogP) is 3.68. The van der Waals surface area contributed by atoms with Crippen LogP contribution in [0.4, 0.5) is 0 Å². The molecule has 0 unspecified atom stereocenters. The van der Waals surface area contributed by atoms with E-state index in [-0.39, 0.29) is 5.60 Å². The van der Waals surface area contributed by atoms with Crippen LogP contribution in [0.3, 0.4) is 0 Å². The number of piperidine rings is 1. The second kappa shape index (κ2) is 8.52. The highest BCUT2D eigenvalue weighted by Crippen LogP contribution is 2.40. The number of terminal acetylenes is 1. The van der Waals surface area contributed by atoms with Crippen LogP contribution in [-0.2, 0) is 23.3 Å². The number of aromatic nitrogens is 2. The van der Waals surface area contributed by atoms with E-state index >= 15 is 0 Å². The molecular weight excluding hydrogens is 362 g/mol. The van der Waals surface area contributed by atoms with Crippen molar-refractivity contribution in [2.45, 2.75) is 51.2 Å². The zero-order valence-electron chi connectivity index (χ0n) is 17.4. The lowest BCUT2D eigenvalue weighted by Gasteiger charge is -2.44. The third kappa shape index (κ3) is 4.29. The maximum atomic E-state index is 6.37. The highest BCUT2D eigenvalue weighted by molar-refractivity contribution is 5.30. The van der Waals surface area contributed by atoms with Gasteiger partial charge in [-0.15, -0.1) is 6.42 Å². The lowest BCUT2D eigenvalue weighted by atomic mass is 9.83. The van der Waals surface area contributed by atoms with Crippen molar-refractivity contribution in [2.75, 3.05) is 26.3 Å². The molecule has 0 N–H and O–H groups in total. The quantitative estimate of drug-likeness (QED) is 0.728. The first kappa shape index (κ1) is 19.9. The van der Waals surface area contributed by atoms with Crippen LogP contribution in [0.15, 0.2) is 30.5 Å². The monoisotopic (exact) mass is 391 g/mol. The van der Waals surface area contributed by atoms with Crippen molar-refractivity contribution in [3.63, 3.8) is 0 Å². The summed E-state index contributed by atoms with van der Waals surface area (Å²) in [6.07, 6.45) is 10.1. The number of likely N-dealkylation sites (tertiary alicyclic amines) is 1. The number of ether oxygens (including phenoxy) is 2. The van der Waals surface area contributed by atoms with Gasteiger partial charge in [-0.2, -0.15) is 0 Å². The first-order chi connectivity index (χ1) is 14.1. The molecule has 0 aliphatic carbocycles. The highest BCUT2D eigenvalue weighted by atomic mass is 16.5. The summed E-state index contributed by atoms with van der Waals surface area (Å²) >= 11 is 0. The number of hydrogen-bond acceptors (Lipinski definition) is 5. The summed E-state index contributed by atoms with van der Waals surface area (Å²) in [5.41, 5.74) is 3.37. The van der Waals surface area contributed by atoms with E-state index in [0.717, 1.165) is 62.8 Å². The van der Waals surface area contributed by atoms with Crippen molar-refractivity contribution in [3.8, 4) is 18.1 Å².